The highest BCUT2D eigenvalue weighted by atomic mass is 35.5. The molecule has 0 radical (unpaired) electrons. The molecule has 0 aromatic heterocycles. The number of hydrogen-bond donors (Lipinski definition) is 1. The van der Waals surface area contributed by atoms with Crippen LogP contribution in [-0.4, -0.2) is 44.7 Å². The Bertz CT molecular complexity index is 540. The molecule has 0 amide bonds. The Morgan fingerprint density at radius 2 is 2.00 bits per heavy atom. The molecule has 0 saturated carbocycles. The van der Waals surface area contributed by atoms with E-state index in [-0.39, 0.29) is 5.75 Å². The zero-order valence-corrected chi connectivity index (χ0v) is 13.4. The van der Waals surface area contributed by atoms with E-state index in [4.69, 9.17) is 11.6 Å². The molecule has 1 N–H and O–H groups in total. The van der Waals surface area contributed by atoms with Gasteiger partial charge < -0.3 is 4.90 Å². The summed E-state index contributed by atoms with van der Waals surface area (Å²) in [6.07, 6.45) is 0.678. The molecular weight excluding hydrogens is 296 g/mol. The summed E-state index contributed by atoms with van der Waals surface area (Å²) < 4.78 is 25.6. The van der Waals surface area contributed by atoms with Crippen molar-refractivity contribution in [2.24, 2.45) is 0 Å². The molecule has 1 aliphatic rings. The van der Waals surface area contributed by atoms with Crippen molar-refractivity contribution in [3.63, 3.8) is 0 Å². The van der Waals surface area contributed by atoms with Gasteiger partial charge in [-0.1, -0.05) is 30.7 Å². The molecule has 0 bridgehead atoms. The zero-order valence-electron chi connectivity index (χ0n) is 11.8. The predicted molar refractivity (Wildman–Crippen MR) is 81.5 cm³/mol. The van der Waals surface area contributed by atoms with Crippen LogP contribution >= 0.6 is 11.6 Å². The third-order valence-corrected chi connectivity index (χ3v) is 5.94. The first kappa shape index (κ1) is 15.8. The van der Waals surface area contributed by atoms with E-state index in [1.165, 1.54) is 10.5 Å². The van der Waals surface area contributed by atoms with Crippen LogP contribution in [0, 0.1) is 0 Å². The summed E-state index contributed by atoms with van der Waals surface area (Å²) in [5.41, 5.74) is 1.21. The van der Waals surface area contributed by atoms with Gasteiger partial charge in [-0.3, -0.25) is 0 Å². The number of nitrogens with zero attached hydrogens (tertiary/aromatic N) is 1. The predicted octanol–water partition coefficient (Wildman–Crippen LogP) is 0.780. The Balaban J connectivity index is 1.89. The lowest BCUT2D eigenvalue weighted by atomic mass is 10.2. The van der Waals surface area contributed by atoms with E-state index in [2.05, 4.69) is 6.07 Å². The first-order valence-corrected chi connectivity index (χ1v) is 9.06. The normalized spacial score (nSPS) is 18.3. The summed E-state index contributed by atoms with van der Waals surface area (Å²) in [4.78, 5) is 1.41. The van der Waals surface area contributed by atoms with E-state index in [0.717, 1.165) is 24.7 Å². The van der Waals surface area contributed by atoms with E-state index in [9.17, 15) is 8.42 Å². The maximum absolute atomic E-state index is 12.0. The maximum Gasteiger partial charge on any atom is 0.214 e. The molecule has 4 nitrogen and oxygen atoms in total. The van der Waals surface area contributed by atoms with Gasteiger partial charge in [-0.05, 0) is 18.6 Å². The van der Waals surface area contributed by atoms with Crippen LogP contribution in [-0.2, 0) is 16.6 Å². The number of nitrogens with one attached hydrogen (secondary N) is 1. The minimum atomic E-state index is -3.04. The lowest BCUT2D eigenvalue weighted by molar-refractivity contribution is -0.917. The summed E-state index contributed by atoms with van der Waals surface area (Å²) in [6.45, 7) is 5.77. The van der Waals surface area contributed by atoms with E-state index in [1.54, 1.807) is 4.31 Å². The standard InChI is InChI=1S/C14H21ClN2O2S/c1-2-10-20(18,19)17-8-6-16(7-9-17)12-13-4-3-5-14(15)11-13/h3-5,11H,2,6-10,12H2,1H3/p+1. The van der Waals surface area contributed by atoms with Crippen molar-refractivity contribution in [1.29, 1.82) is 0 Å². The van der Waals surface area contributed by atoms with Crippen molar-refractivity contribution in [1.82, 2.24) is 4.31 Å². The molecule has 20 heavy (non-hydrogen) atoms. The van der Waals surface area contributed by atoms with Crippen molar-refractivity contribution >= 4 is 21.6 Å². The molecule has 2 rings (SSSR count). The van der Waals surface area contributed by atoms with Crippen LogP contribution in [0.1, 0.15) is 18.9 Å². The van der Waals surface area contributed by atoms with Gasteiger partial charge in [0.05, 0.1) is 31.9 Å². The number of halogens is 1. The second kappa shape index (κ2) is 6.89. The number of benzene rings is 1. The van der Waals surface area contributed by atoms with Gasteiger partial charge in [0.1, 0.15) is 6.54 Å². The molecule has 0 spiro atoms. The zero-order chi connectivity index (χ0) is 14.6. The van der Waals surface area contributed by atoms with Crippen LogP contribution in [0.4, 0.5) is 0 Å². The van der Waals surface area contributed by atoms with Crippen LogP contribution in [0.15, 0.2) is 24.3 Å². The Kier molecular flexibility index (Phi) is 5.43. The second-order valence-corrected chi connectivity index (χ2v) is 7.80. The summed E-state index contributed by atoms with van der Waals surface area (Å²) >= 11 is 5.98. The fraction of sp³-hybridized carbons (Fsp3) is 0.571. The Morgan fingerprint density at radius 1 is 1.30 bits per heavy atom. The average Bonchev–Trinajstić information content (AvgIpc) is 2.39. The van der Waals surface area contributed by atoms with Crippen molar-refractivity contribution in [2.75, 3.05) is 31.9 Å². The molecule has 1 fully saturated rings. The average molecular weight is 318 g/mol. The maximum atomic E-state index is 12.0. The molecule has 1 aromatic rings. The van der Waals surface area contributed by atoms with Gasteiger partial charge in [-0.2, -0.15) is 4.31 Å². The fourth-order valence-electron chi connectivity index (χ4n) is 2.58. The second-order valence-electron chi connectivity index (χ2n) is 5.27. The number of quaternary nitrogens is 1. The first-order valence-electron chi connectivity index (χ1n) is 7.07. The molecule has 1 saturated heterocycles. The van der Waals surface area contributed by atoms with E-state index < -0.39 is 10.0 Å². The van der Waals surface area contributed by atoms with Crippen LogP contribution in [0.25, 0.3) is 0 Å². The SMILES string of the molecule is CCCS(=O)(=O)N1CC[NH+](Cc2cccc(Cl)c2)CC1. The van der Waals surface area contributed by atoms with Gasteiger partial charge in [-0.25, -0.2) is 8.42 Å². The van der Waals surface area contributed by atoms with Crippen molar-refractivity contribution in [3.8, 4) is 0 Å². The van der Waals surface area contributed by atoms with Crippen molar-refractivity contribution in [3.05, 3.63) is 34.9 Å². The van der Waals surface area contributed by atoms with Crippen LogP contribution in [0.5, 0.6) is 0 Å². The monoisotopic (exact) mass is 317 g/mol. The highest BCUT2D eigenvalue weighted by Gasteiger charge is 2.28. The third-order valence-electron chi connectivity index (χ3n) is 3.63. The van der Waals surface area contributed by atoms with Gasteiger partial charge in [0, 0.05) is 10.6 Å². The molecule has 0 unspecified atom stereocenters. The van der Waals surface area contributed by atoms with Crippen molar-refractivity contribution < 1.29 is 13.3 Å². The molecule has 0 atom stereocenters. The summed E-state index contributed by atoms with van der Waals surface area (Å²) in [5, 5.41) is 0.756. The summed E-state index contributed by atoms with van der Waals surface area (Å²) in [7, 11) is -3.04. The Labute approximate surface area is 126 Å². The summed E-state index contributed by atoms with van der Waals surface area (Å²) in [6, 6.07) is 7.88. The highest BCUT2D eigenvalue weighted by molar-refractivity contribution is 7.89. The molecule has 112 valence electrons. The van der Waals surface area contributed by atoms with Crippen LogP contribution < -0.4 is 4.90 Å². The highest BCUT2D eigenvalue weighted by Crippen LogP contribution is 2.10. The number of hydrogen-bond acceptors (Lipinski definition) is 2. The largest absolute Gasteiger partial charge is 0.329 e. The van der Waals surface area contributed by atoms with Gasteiger partial charge in [0.25, 0.3) is 0 Å². The number of rotatable bonds is 5. The van der Waals surface area contributed by atoms with E-state index in [0.29, 0.717) is 19.5 Å². The fourth-order valence-corrected chi connectivity index (χ4v) is 4.31. The summed E-state index contributed by atoms with van der Waals surface area (Å²) in [5.74, 6) is 0.261. The van der Waals surface area contributed by atoms with Gasteiger partial charge in [0.15, 0.2) is 0 Å². The lowest BCUT2D eigenvalue weighted by Crippen LogP contribution is -3.13. The van der Waals surface area contributed by atoms with Crippen LogP contribution in [0.3, 0.4) is 0 Å². The Hall–Kier alpha value is -0.620. The lowest BCUT2D eigenvalue weighted by Gasteiger charge is -2.31. The number of sulfonamides is 1. The number of piperazine rings is 1. The quantitative estimate of drug-likeness (QED) is 0.872. The minimum Gasteiger partial charge on any atom is -0.329 e. The van der Waals surface area contributed by atoms with Gasteiger partial charge in [-0.15, -0.1) is 0 Å². The molecule has 6 heteroatoms. The van der Waals surface area contributed by atoms with Gasteiger partial charge >= 0.3 is 0 Å². The first-order chi connectivity index (χ1) is 9.51. The van der Waals surface area contributed by atoms with Crippen LogP contribution in [0.2, 0.25) is 5.02 Å². The van der Waals surface area contributed by atoms with E-state index in [1.807, 2.05) is 25.1 Å². The van der Waals surface area contributed by atoms with E-state index >= 15 is 0 Å². The minimum absolute atomic E-state index is 0.261. The molecule has 0 aliphatic carbocycles. The molecular formula is C14H22ClN2O2S+. The molecule has 1 aliphatic heterocycles. The van der Waals surface area contributed by atoms with Gasteiger partial charge in [0.2, 0.25) is 10.0 Å². The molecule has 1 aromatic carbocycles. The topological polar surface area (TPSA) is 41.8 Å². The smallest absolute Gasteiger partial charge is 0.214 e. The Morgan fingerprint density at radius 3 is 2.60 bits per heavy atom. The molecule has 1 heterocycles. The third kappa shape index (κ3) is 4.19. The van der Waals surface area contributed by atoms with Crippen molar-refractivity contribution in [2.45, 2.75) is 19.9 Å².